The van der Waals surface area contributed by atoms with Crippen molar-refractivity contribution >= 4 is 16.9 Å². The number of likely N-dealkylation sites (N-methyl/N-ethyl adjacent to an activating group) is 1. The van der Waals surface area contributed by atoms with E-state index < -0.39 is 0 Å². The van der Waals surface area contributed by atoms with Crippen LogP contribution in [0, 0.1) is 0 Å². The van der Waals surface area contributed by atoms with Crippen molar-refractivity contribution in [3.8, 4) is 5.75 Å². The SMILES string of the molecule is CC(=O)Oc1cccc2[nH]cc(CC[NH+](C)C)c12. The molecule has 0 aliphatic rings. The van der Waals surface area contributed by atoms with Crippen molar-refractivity contribution in [1.82, 2.24) is 4.98 Å². The Morgan fingerprint density at radius 2 is 2.17 bits per heavy atom. The van der Waals surface area contributed by atoms with Crippen molar-refractivity contribution in [1.29, 1.82) is 0 Å². The molecule has 4 heteroatoms. The molecule has 0 aliphatic carbocycles. The van der Waals surface area contributed by atoms with Crippen molar-refractivity contribution in [2.24, 2.45) is 0 Å². The summed E-state index contributed by atoms with van der Waals surface area (Å²) in [7, 11) is 4.25. The number of rotatable bonds is 4. The predicted molar refractivity (Wildman–Crippen MR) is 71.0 cm³/mol. The fraction of sp³-hybridized carbons (Fsp3) is 0.357. The number of hydrogen-bond donors (Lipinski definition) is 2. The van der Waals surface area contributed by atoms with Crippen molar-refractivity contribution in [2.75, 3.05) is 20.6 Å². The minimum atomic E-state index is -0.284. The molecule has 0 aliphatic heterocycles. The zero-order chi connectivity index (χ0) is 13.1. The predicted octanol–water partition coefficient (Wildman–Crippen LogP) is 0.780. The minimum absolute atomic E-state index is 0.284. The number of carbonyl (C=O) groups excluding carboxylic acids is 1. The largest absolute Gasteiger partial charge is 0.426 e. The molecule has 4 nitrogen and oxygen atoms in total. The van der Waals surface area contributed by atoms with Gasteiger partial charge in [-0.1, -0.05) is 6.07 Å². The normalized spacial score (nSPS) is 11.1. The van der Waals surface area contributed by atoms with Gasteiger partial charge in [-0.2, -0.15) is 0 Å². The number of aromatic amines is 1. The molecule has 0 unspecified atom stereocenters. The van der Waals surface area contributed by atoms with Crippen LogP contribution < -0.4 is 9.64 Å². The van der Waals surface area contributed by atoms with Gasteiger partial charge in [0, 0.05) is 30.4 Å². The first kappa shape index (κ1) is 12.6. The van der Waals surface area contributed by atoms with Crippen LogP contribution in [-0.2, 0) is 11.2 Å². The van der Waals surface area contributed by atoms with E-state index in [0.717, 1.165) is 23.9 Å². The first-order valence-electron chi connectivity index (χ1n) is 6.14. The highest BCUT2D eigenvalue weighted by molar-refractivity contribution is 5.91. The first-order chi connectivity index (χ1) is 8.58. The molecule has 2 N–H and O–H groups in total. The van der Waals surface area contributed by atoms with Gasteiger partial charge in [0.15, 0.2) is 0 Å². The molecule has 0 saturated heterocycles. The summed E-state index contributed by atoms with van der Waals surface area (Å²) in [5.41, 5.74) is 2.21. The zero-order valence-electron chi connectivity index (χ0n) is 11.0. The third kappa shape index (κ3) is 2.71. The fourth-order valence-electron chi connectivity index (χ4n) is 2.04. The number of carbonyl (C=O) groups is 1. The van der Waals surface area contributed by atoms with Crippen molar-refractivity contribution in [3.05, 3.63) is 30.0 Å². The Kier molecular flexibility index (Phi) is 3.67. The number of hydrogen-bond acceptors (Lipinski definition) is 2. The van der Waals surface area contributed by atoms with Gasteiger partial charge in [-0.3, -0.25) is 4.79 Å². The number of aromatic nitrogens is 1. The third-order valence-electron chi connectivity index (χ3n) is 2.90. The van der Waals surface area contributed by atoms with E-state index in [1.54, 1.807) is 0 Å². The smallest absolute Gasteiger partial charge is 0.308 e. The molecule has 2 rings (SSSR count). The van der Waals surface area contributed by atoms with E-state index in [4.69, 9.17) is 4.74 Å². The van der Waals surface area contributed by atoms with Gasteiger partial charge in [-0.25, -0.2) is 0 Å². The molecule has 0 saturated carbocycles. The summed E-state index contributed by atoms with van der Waals surface area (Å²) in [6.07, 6.45) is 2.96. The van der Waals surface area contributed by atoms with Crippen LogP contribution >= 0.6 is 0 Å². The maximum atomic E-state index is 11.1. The Morgan fingerprint density at radius 3 is 2.83 bits per heavy atom. The Labute approximate surface area is 107 Å². The maximum Gasteiger partial charge on any atom is 0.308 e. The van der Waals surface area contributed by atoms with E-state index in [9.17, 15) is 4.79 Å². The van der Waals surface area contributed by atoms with E-state index >= 15 is 0 Å². The van der Waals surface area contributed by atoms with E-state index in [-0.39, 0.29) is 5.97 Å². The Morgan fingerprint density at radius 1 is 1.39 bits per heavy atom. The molecule has 1 aromatic heterocycles. The van der Waals surface area contributed by atoms with Gasteiger partial charge < -0.3 is 14.6 Å². The maximum absolute atomic E-state index is 11.1. The second-order valence-corrected chi connectivity index (χ2v) is 4.79. The third-order valence-corrected chi connectivity index (χ3v) is 2.90. The van der Waals surface area contributed by atoms with Gasteiger partial charge in [-0.15, -0.1) is 0 Å². The summed E-state index contributed by atoms with van der Waals surface area (Å²) in [6.45, 7) is 2.47. The van der Waals surface area contributed by atoms with Gasteiger partial charge >= 0.3 is 5.97 Å². The van der Waals surface area contributed by atoms with Gasteiger partial charge in [0.1, 0.15) is 5.75 Å². The molecule has 0 spiro atoms. The first-order valence-corrected chi connectivity index (χ1v) is 6.14. The molecule has 1 aromatic carbocycles. The van der Waals surface area contributed by atoms with Crippen LogP contribution in [0.1, 0.15) is 12.5 Å². The fourth-order valence-corrected chi connectivity index (χ4v) is 2.04. The summed E-state index contributed by atoms with van der Waals surface area (Å²) in [4.78, 5) is 15.7. The highest BCUT2D eigenvalue weighted by atomic mass is 16.5. The van der Waals surface area contributed by atoms with E-state index in [0.29, 0.717) is 5.75 Å². The van der Waals surface area contributed by atoms with Crippen LogP contribution in [0.25, 0.3) is 10.9 Å². The lowest BCUT2D eigenvalue weighted by Gasteiger charge is -2.08. The molecule has 0 radical (unpaired) electrons. The van der Waals surface area contributed by atoms with Crippen LogP contribution in [0.15, 0.2) is 24.4 Å². The summed E-state index contributed by atoms with van der Waals surface area (Å²) in [5, 5.41) is 1.02. The molecule has 0 fully saturated rings. The van der Waals surface area contributed by atoms with Gasteiger partial charge in [0.2, 0.25) is 0 Å². The Bertz CT molecular complexity index is 558. The lowest BCUT2D eigenvalue weighted by atomic mass is 10.1. The number of H-pyrrole nitrogens is 1. The number of quaternary nitrogens is 1. The minimum Gasteiger partial charge on any atom is -0.426 e. The zero-order valence-corrected chi connectivity index (χ0v) is 11.0. The summed E-state index contributed by atoms with van der Waals surface area (Å²) >= 11 is 0. The van der Waals surface area contributed by atoms with Crippen molar-refractivity contribution < 1.29 is 14.4 Å². The van der Waals surface area contributed by atoms with Crippen LogP contribution in [-0.4, -0.2) is 31.6 Å². The topological polar surface area (TPSA) is 46.5 Å². The average Bonchev–Trinajstić information content (AvgIpc) is 2.70. The van der Waals surface area contributed by atoms with Gasteiger partial charge in [-0.05, 0) is 17.7 Å². The number of fused-ring (bicyclic) bond motifs is 1. The lowest BCUT2D eigenvalue weighted by Crippen LogP contribution is -3.05. The molecule has 0 bridgehead atoms. The highest BCUT2D eigenvalue weighted by Gasteiger charge is 2.11. The number of benzene rings is 1. The van der Waals surface area contributed by atoms with E-state index in [1.807, 2.05) is 24.4 Å². The second-order valence-electron chi connectivity index (χ2n) is 4.79. The molecule has 2 aromatic rings. The molecule has 18 heavy (non-hydrogen) atoms. The number of ether oxygens (including phenoxy) is 1. The van der Waals surface area contributed by atoms with Crippen molar-refractivity contribution in [2.45, 2.75) is 13.3 Å². The monoisotopic (exact) mass is 247 g/mol. The highest BCUT2D eigenvalue weighted by Crippen LogP contribution is 2.29. The number of esters is 1. The Balaban J connectivity index is 2.38. The van der Waals surface area contributed by atoms with Gasteiger partial charge in [0.25, 0.3) is 0 Å². The van der Waals surface area contributed by atoms with E-state index in [1.165, 1.54) is 17.4 Å². The summed E-state index contributed by atoms with van der Waals surface area (Å²) in [5.74, 6) is 0.359. The molecular formula is C14H19N2O2+. The van der Waals surface area contributed by atoms with Crippen LogP contribution in [0.2, 0.25) is 0 Å². The molecule has 0 atom stereocenters. The van der Waals surface area contributed by atoms with Crippen LogP contribution in [0.3, 0.4) is 0 Å². The molecule has 1 heterocycles. The Hall–Kier alpha value is -1.81. The second kappa shape index (κ2) is 5.23. The van der Waals surface area contributed by atoms with Crippen LogP contribution in [0.5, 0.6) is 5.75 Å². The standard InChI is InChI=1S/C14H18N2O2/c1-10(17)18-13-6-4-5-12-14(13)11(9-15-12)7-8-16(2)3/h4-6,9,15H,7-8H2,1-3H3/p+1. The average molecular weight is 247 g/mol. The van der Waals surface area contributed by atoms with E-state index in [2.05, 4.69) is 19.1 Å². The number of nitrogens with one attached hydrogen (secondary N) is 2. The quantitative estimate of drug-likeness (QED) is 0.619. The van der Waals surface area contributed by atoms with Crippen LogP contribution in [0.4, 0.5) is 0 Å². The summed E-state index contributed by atoms with van der Waals surface area (Å²) < 4.78 is 5.27. The molecule has 0 amide bonds. The van der Waals surface area contributed by atoms with Crippen molar-refractivity contribution in [3.63, 3.8) is 0 Å². The van der Waals surface area contributed by atoms with Gasteiger partial charge in [0.05, 0.1) is 20.6 Å². The lowest BCUT2D eigenvalue weighted by molar-refractivity contribution is -0.858. The summed E-state index contributed by atoms with van der Waals surface area (Å²) in [6, 6.07) is 5.72. The molecule has 96 valence electrons. The molecular weight excluding hydrogens is 228 g/mol.